The third-order valence-electron chi connectivity index (χ3n) is 4.26. The summed E-state index contributed by atoms with van der Waals surface area (Å²) in [5.41, 5.74) is -5.39. The van der Waals surface area contributed by atoms with Gasteiger partial charge in [-0.15, -0.1) is 0 Å². The summed E-state index contributed by atoms with van der Waals surface area (Å²) in [6.07, 6.45) is -0.723. The number of nitro groups is 1. The summed E-state index contributed by atoms with van der Waals surface area (Å²) in [6, 6.07) is 1.23. The van der Waals surface area contributed by atoms with E-state index in [1.807, 2.05) is 0 Å². The van der Waals surface area contributed by atoms with Gasteiger partial charge in [0.1, 0.15) is 6.67 Å². The Morgan fingerprint density at radius 2 is 2.00 bits per heavy atom. The number of benzene rings is 1. The lowest BCUT2D eigenvalue weighted by molar-refractivity contribution is -0.385. The van der Waals surface area contributed by atoms with Crippen molar-refractivity contribution in [1.29, 1.82) is 0 Å². The molecule has 1 heterocycles. The highest BCUT2D eigenvalue weighted by Crippen LogP contribution is 2.41. The number of nitrogens with zero attached hydrogens (tertiary/aromatic N) is 1. The molecule has 1 aromatic rings. The van der Waals surface area contributed by atoms with Gasteiger partial charge in [0.2, 0.25) is 5.67 Å². The molecular formula is C14H14F4N2O3. The number of non-ortho nitro benzene ring substituents is 1. The van der Waals surface area contributed by atoms with E-state index in [1.54, 1.807) is 0 Å². The summed E-state index contributed by atoms with van der Waals surface area (Å²) in [6.45, 7) is -0.0124. The molecule has 23 heavy (non-hydrogen) atoms. The molecule has 0 spiro atoms. The first kappa shape index (κ1) is 17.2. The van der Waals surface area contributed by atoms with Crippen LogP contribution >= 0.6 is 0 Å². The highest BCUT2D eigenvalue weighted by molar-refractivity contribution is 5.87. The van der Waals surface area contributed by atoms with Gasteiger partial charge in [-0.1, -0.05) is 6.92 Å². The predicted octanol–water partition coefficient (Wildman–Crippen LogP) is 3.07. The first-order chi connectivity index (χ1) is 10.7. The second-order valence-corrected chi connectivity index (χ2v) is 5.53. The Bertz CT molecular complexity index is 670. The number of halogens is 4. The van der Waals surface area contributed by atoms with Crippen molar-refractivity contribution < 1.29 is 27.3 Å². The Morgan fingerprint density at radius 3 is 2.48 bits per heavy atom. The Kier molecular flexibility index (Phi) is 4.32. The van der Waals surface area contributed by atoms with Crippen LogP contribution in [0.4, 0.5) is 23.2 Å². The van der Waals surface area contributed by atoms with Gasteiger partial charge in [0, 0.05) is 11.6 Å². The second kappa shape index (κ2) is 5.78. The number of rotatable bonds is 4. The maximum atomic E-state index is 14.1. The maximum Gasteiger partial charge on any atom is 0.272 e. The van der Waals surface area contributed by atoms with E-state index in [0.717, 1.165) is 6.07 Å². The summed E-state index contributed by atoms with van der Waals surface area (Å²) in [4.78, 5) is 21.8. The molecule has 1 aliphatic heterocycles. The molecule has 0 saturated carbocycles. The van der Waals surface area contributed by atoms with Crippen molar-refractivity contribution >= 4 is 11.6 Å². The lowest BCUT2D eigenvalue weighted by atomic mass is 9.76. The molecule has 1 N–H and O–H groups in total. The summed E-state index contributed by atoms with van der Waals surface area (Å²) in [7, 11) is 0. The van der Waals surface area contributed by atoms with Gasteiger partial charge >= 0.3 is 0 Å². The van der Waals surface area contributed by atoms with Crippen LogP contribution in [-0.4, -0.2) is 23.2 Å². The number of carbonyl (C=O) groups excluding carboxylic acids is 1. The molecule has 1 saturated heterocycles. The monoisotopic (exact) mass is 334 g/mol. The summed E-state index contributed by atoms with van der Waals surface area (Å²) >= 11 is 0. The van der Waals surface area contributed by atoms with Crippen LogP contribution in [-0.2, 0) is 10.3 Å². The molecule has 0 aromatic heterocycles. The molecule has 0 radical (unpaired) electrons. The largest absolute Gasteiger partial charge is 0.344 e. The molecule has 1 amide bonds. The van der Waals surface area contributed by atoms with Crippen LogP contribution in [0.1, 0.15) is 31.7 Å². The van der Waals surface area contributed by atoms with Crippen molar-refractivity contribution in [2.45, 2.75) is 37.4 Å². The molecule has 1 fully saturated rings. The lowest BCUT2D eigenvalue weighted by Crippen LogP contribution is -2.59. The average Bonchev–Trinajstić information content (AvgIpc) is 2.52. The SMILES string of the molecule is CC[C@@]1(c2cc([N+](=O)[O-])cc(F)c2F)CC[C@@](F)(CF)C(=O)N1. The number of hydrogen-bond donors (Lipinski definition) is 1. The first-order valence-electron chi connectivity index (χ1n) is 6.90. The lowest BCUT2D eigenvalue weighted by Gasteiger charge is -2.42. The van der Waals surface area contributed by atoms with Crippen LogP contribution in [0.25, 0.3) is 0 Å². The van der Waals surface area contributed by atoms with Crippen molar-refractivity contribution in [2.75, 3.05) is 6.67 Å². The van der Waals surface area contributed by atoms with Crippen molar-refractivity contribution in [3.8, 4) is 0 Å². The Labute approximate surface area is 128 Å². The molecule has 2 atom stereocenters. The minimum absolute atomic E-state index is 0.0264. The van der Waals surface area contributed by atoms with Gasteiger partial charge in [0.25, 0.3) is 11.6 Å². The smallest absolute Gasteiger partial charge is 0.272 e. The van der Waals surface area contributed by atoms with Crippen LogP contribution in [0.15, 0.2) is 12.1 Å². The third kappa shape index (κ3) is 2.75. The Hall–Kier alpha value is -2.19. The number of nitro benzene ring substituents is 1. The zero-order chi connectivity index (χ0) is 17.4. The number of piperidine rings is 1. The van der Waals surface area contributed by atoms with E-state index in [1.165, 1.54) is 6.92 Å². The zero-order valence-corrected chi connectivity index (χ0v) is 12.2. The van der Waals surface area contributed by atoms with Crippen LogP contribution in [0.3, 0.4) is 0 Å². The van der Waals surface area contributed by atoms with E-state index in [4.69, 9.17) is 0 Å². The minimum Gasteiger partial charge on any atom is -0.344 e. The number of carbonyl (C=O) groups is 1. The van der Waals surface area contributed by atoms with E-state index in [-0.39, 0.29) is 12.8 Å². The summed E-state index contributed by atoms with van der Waals surface area (Å²) < 4.78 is 54.5. The second-order valence-electron chi connectivity index (χ2n) is 5.53. The predicted molar refractivity (Wildman–Crippen MR) is 72.2 cm³/mol. The maximum absolute atomic E-state index is 14.1. The molecule has 9 heteroatoms. The molecule has 126 valence electrons. The average molecular weight is 334 g/mol. The molecule has 1 aromatic carbocycles. The normalized spacial score (nSPS) is 27.6. The van der Waals surface area contributed by atoms with E-state index < -0.39 is 58.0 Å². The van der Waals surface area contributed by atoms with Crippen LogP contribution in [0, 0.1) is 21.7 Å². The van der Waals surface area contributed by atoms with E-state index in [0.29, 0.717) is 6.07 Å². The number of amides is 1. The zero-order valence-electron chi connectivity index (χ0n) is 12.2. The van der Waals surface area contributed by atoms with Crippen LogP contribution < -0.4 is 5.32 Å². The molecular weight excluding hydrogens is 320 g/mol. The highest BCUT2D eigenvalue weighted by atomic mass is 19.2. The number of alkyl halides is 2. The van der Waals surface area contributed by atoms with Gasteiger partial charge in [0.05, 0.1) is 16.5 Å². The minimum atomic E-state index is -2.73. The van der Waals surface area contributed by atoms with Gasteiger partial charge in [-0.3, -0.25) is 14.9 Å². The van der Waals surface area contributed by atoms with E-state index >= 15 is 0 Å². The van der Waals surface area contributed by atoms with Crippen molar-refractivity contribution in [2.24, 2.45) is 0 Å². The fraction of sp³-hybridized carbons (Fsp3) is 0.500. The van der Waals surface area contributed by atoms with E-state index in [2.05, 4.69) is 5.32 Å². The van der Waals surface area contributed by atoms with Crippen molar-refractivity contribution in [3.63, 3.8) is 0 Å². The molecule has 0 aliphatic carbocycles. The summed E-state index contributed by atoms with van der Waals surface area (Å²) in [5.74, 6) is -4.08. The summed E-state index contributed by atoms with van der Waals surface area (Å²) in [5, 5.41) is 13.0. The molecule has 5 nitrogen and oxygen atoms in total. The fourth-order valence-electron chi connectivity index (χ4n) is 2.73. The molecule has 0 unspecified atom stereocenters. The van der Waals surface area contributed by atoms with Crippen molar-refractivity contribution in [3.05, 3.63) is 39.4 Å². The van der Waals surface area contributed by atoms with Gasteiger partial charge < -0.3 is 5.32 Å². The topological polar surface area (TPSA) is 72.2 Å². The molecule has 0 bridgehead atoms. The number of nitrogens with one attached hydrogen (secondary N) is 1. The van der Waals surface area contributed by atoms with Crippen molar-refractivity contribution in [1.82, 2.24) is 5.32 Å². The number of hydrogen-bond acceptors (Lipinski definition) is 3. The third-order valence-corrected chi connectivity index (χ3v) is 4.26. The van der Waals surface area contributed by atoms with Gasteiger partial charge in [0.15, 0.2) is 11.6 Å². The van der Waals surface area contributed by atoms with Gasteiger partial charge in [-0.2, -0.15) is 0 Å². The van der Waals surface area contributed by atoms with Crippen LogP contribution in [0.2, 0.25) is 0 Å². The van der Waals surface area contributed by atoms with Gasteiger partial charge in [-0.05, 0) is 19.3 Å². The quantitative estimate of drug-likeness (QED) is 0.522. The first-order valence-corrected chi connectivity index (χ1v) is 6.90. The highest BCUT2D eigenvalue weighted by Gasteiger charge is 2.50. The molecule has 2 rings (SSSR count). The fourth-order valence-corrected chi connectivity index (χ4v) is 2.73. The van der Waals surface area contributed by atoms with Gasteiger partial charge in [-0.25, -0.2) is 17.6 Å². The van der Waals surface area contributed by atoms with E-state index in [9.17, 15) is 32.5 Å². The Morgan fingerprint density at radius 1 is 1.35 bits per heavy atom. The molecule has 1 aliphatic rings. The van der Waals surface area contributed by atoms with Crippen LogP contribution in [0.5, 0.6) is 0 Å². The Balaban J connectivity index is 2.54. The standard InChI is InChI=1S/C14H14F4N2O3/c1-2-14(4-3-13(18,7-15)12(21)19-14)9-5-8(20(22)23)6-10(16)11(9)17/h5-6H,2-4,7H2,1H3,(H,19,21)/t13-,14+/m1/s1.